The van der Waals surface area contributed by atoms with Gasteiger partial charge in [-0.3, -0.25) is 9.78 Å². The molecule has 1 heterocycles. The summed E-state index contributed by atoms with van der Waals surface area (Å²) < 4.78 is 0.839. The number of pyridine rings is 1. The lowest BCUT2D eigenvalue weighted by atomic mass is 10.2. The van der Waals surface area contributed by atoms with E-state index in [0.29, 0.717) is 11.5 Å². The average Bonchev–Trinajstić information content (AvgIpc) is 2.93. The van der Waals surface area contributed by atoms with Crippen LogP contribution in [0, 0.1) is 11.8 Å². The van der Waals surface area contributed by atoms with Crippen molar-refractivity contribution < 1.29 is 4.79 Å². The molecule has 0 saturated heterocycles. The van der Waals surface area contributed by atoms with Crippen LogP contribution >= 0.6 is 15.9 Å². The standard InChI is InChI=1S/C12H15BrN2O/c1-8-3-10(8)7-15(2)12(16)9-4-11(13)6-14-5-9/h4-6,8,10H,3,7H2,1-2H3. The first-order valence-corrected chi connectivity index (χ1v) is 6.23. The van der Waals surface area contributed by atoms with Crippen molar-refractivity contribution in [3.63, 3.8) is 0 Å². The molecule has 2 unspecified atom stereocenters. The van der Waals surface area contributed by atoms with Gasteiger partial charge in [0.2, 0.25) is 0 Å². The third-order valence-corrected chi connectivity index (χ3v) is 3.52. The molecule has 1 aliphatic rings. The molecule has 1 aromatic rings. The first-order valence-electron chi connectivity index (χ1n) is 5.44. The van der Waals surface area contributed by atoms with E-state index in [1.807, 2.05) is 13.1 Å². The van der Waals surface area contributed by atoms with E-state index in [-0.39, 0.29) is 5.91 Å². The van der Waals surface area contributed by atoms with Crippen LogP contribution in [0.2, 0.25) is 0 Å². The molecule has 0 spiro atoms. The average molecular weight is 283 g/mol. The number of hydrogen-bond acceptors (Lipinski definition) is 2. The number of amides is 1. The highest BCUT2D eigenvalue weighted by atomic mass is 79.9. The number of aromatic nitrogens is 1. The molecule has 0 aliphatic heterocycles. The first-order chi connectivity index (χ1) is 7.58. The van der Waals surface area contributed by atoms with Crippen molar-refractivity contribution in [2.45, 2.75) is 13.3 Å². The van der Waals surface area contributed by atoms with Crippen LogP contribution in [0.3, 0.4) is 0 Å². The van der Waals surface area contributed by atoms with Crippen molar-refractivity contribution in [2.75, 3.05) is 13.6 Å². The monoisotopic (exact) mass is 282 g/mol. The van der Waals surface area contributed by atoms with E-state index in [4.69, 9.17) is 0 Å². The predicted molar refractivity (Wildman–Crippen MR) is 66.2 cm³/mol. The van der Waals surface area contributed by atoms with Gasteiger partial charge in [-0.05, 0) is 40.3 Å². The van der Waals surface area contributed by atoms with E-state index in [9.17, 15) is 4.79 Å². The van der Waals surface area contributed by atoms with Crippen molar-refractivity contribution in [3.8, 4) is 0 Å². The molecule has 86 valence electrons. The summed E-state index contributed by atoms with van der Waals surface area (Å²) in [6.07, 6.45) is 4.54. The van der Waals surface area contributed by atoms with E-state index in [2.05, 4.69) is 27.8 Å². The summed E-state index contributed by atoms with van der Waals surface area (Å²) in [6, 6.07) is 1.81. The maximum Gasteiger partial charge on any atom is 0.255 e. The molecule has 0 radical (unpaired) electrons. The number of nitrogens with zero attached hydrogens (tertiary/aromatic N) is 2. The van der Waals surface area contributed by atoms with Crippen molar-refractivity contribution in [3.05, 3.63) is 28.5 Å². The Balaban J connectivity index is 2.01. The van der Waals surface area contributed by atoms with E-state index in [0.717, 1.165) is 16.9 Å². The van der Waals surface area contributed by atoms with Crippen molar-refractivity contribution in [1.29, 1.82) is 0 Å². The number of carbonyl (C=O) groups excluding carboxylic acids is 1. The second-order valence-electron chi connectivity index (χ2n) is 4.55. The Morgan fingerprint density at radius 1 is 1.62 bits per heavy atom. The molecular weight excluding hydrogens is 268 g/mol. The van der Waals surface area contributed by atoms with Crippen LogP contribution in [0.25, 0.3) is 0 Å². The summed E-state index contributed by atoms with van der Waals surface area (Å²) in [4.78, 5) is 17.8. The van der Waals surface area contributed by atoms with Gasteiger partial charge in [0, 0.05) is 30.5 Å². The van der Waals surface area contributed by atoms with Crippen molar-refractivity contribution in [2.24, 2.45) is 11.8 Å². The second-order valence-corrected chi connectivity index (χ2v) is 5.47. The normalized spacial score (nSPS) is 22.9. The zero-order chi connectivity index (χ0) is 11.7. The minimum absolute atomic E-state index is 0.0490. The summed E-state index contributed by atoms with van der Waals surface area (Å²) in [5.74, 6) is 1.51. The van der Waals surface area contributed by atoms with Gasteiger partial charge in [-0.1, -0.05) is 6.92 Å². The van der Waals surface area contributed by atoms with Gasteiger partial charge < -0.3 is 4.90 Å². The fourth-order valence-corrected chi connectivity index (χ4v) is 2.20. The zero-order valence-corrected chi connectivity index (χ0v) is 11.1. The molecule has 1 saturated carbocycles. The van der Waals surface area contributed by atoms with E-state index >= 15 is 0 Å². The van der Waals surface area contributed by atoms with E-state index in [1.54, 1.807) is 17.3 Å². The molecule has 1 aromatic heterocycles. The Morgan fingerprint density at radius 2 is 2.31 bits per heavy atom. The summed E-state index contributed by atoms with van der Waals surface area (Å²) in [7, 11) is 1.86. The molecular formula is C12H15BrN2O. The zero-order valence-electron chi connectivity index (χ0n) is 9.48. The molecule has 3 nitrogen and oxygen atoms in total. The quantitative estimate of drug-likeness (QED) is 0.854. The predicted octanol–water partition coefficient (Wildman–Crippen LogP) is 2.57. The Labute approximate surface area is 104 Å². The lowest BCUT2D eigenvalue weighted by Crippen LogP contribution is -2.29. The Morgan fingerprint density at radius 3 is 2.88 bits per heavy atom. The van der Waals surface area contributed by atoms with Crippen LogP contribution < -0.4 is 0 Å². The molecule has 1 fully saturated rings. The minimum atomic E-state index is 0.0490. The van der Waals surface area contributed by atoms with Gasteiger partial charge in [-0.25, -0.2) is 0 Å². The summed E-state index contributed by atoms with van der Waals surface area (Å²) in [5.41, 5.74) is 0.644. The smallest absolute Gasteiger partial charge is 0.255 e. The fraction of sp³-hybridized carbons (Fsp3) is 0.500. The van der Waals surface area contributed by atoms with Gasteiger partial charge in [0.15, 0.2) is 0 Å². The molecule has 0 N–H and O–H groups in total. The van der Waals surface area contributed by atoms with Crippen LogP contribution in [0.15, 0.2) is 22.9 Å². The number of rotatable bonds is 3. The molecule has 0 aromatic carbocycles. The molecule has 1 amide bonds. The summed E-state index contributed by atoms with van der Waals surface area (Å²) in [5, 5.41) is 0. The maximum atomic E-state index is 12.0. The highest BCUT2D eigenvalue weighted by molar-refractivity contribution is 9.10. The van der Waals surface area contributed by atoms with Gasteiger partial charge in [-0.15, -0.1) is 0 Å². The van der Waals surface area contributed by atoms with Crippen LogP contribution in [0.5, 0.6) is 0 Å². The number of carbonyl (C=O) groups is 1. The topological polar surface area (TPSA) is 33.2 Å². The first kappa shape index (κ1) is 11.6. The Hall–Kier alpha value is -0.900. The van der Waals surface area contributed by atoms with Gasteiger partial charge in [0.25, 0.3) is 5.91 Å². The minimum Gasteiger partial charge on any atom is -0.341 e. The molecule has 16 heavy (non-hydrogen) atoms. The molecule has 2 rings (SSSR count). The molecule has 0 bridgehead atoms. The lowest BCUT2D eigenvalue weighted by molar-refractivity contribution is 0.0786. The third kappa shape index (κ3) is 2.61. The number of halogens is 1. The van der Waals surface area contributed by atoms with Gasteiger partial charge in [0.1, 0.15) is 0 Å². The van der Waals surface area contributed by atoms with E-state index in [1.165, 1.54) is 6.42 Å². The molecule has 2 atom stereocenters. The largest absolute Gasteiger partial charge is 0.341 e. The fourth-order valence-electron chi connectivity index (χ4n) is 1.84. The highest BCUT2D eigenvalue weighted by Gasteiger charge is 2.34. The lowest BCUT2D eigenvalue weighted by Gasteiger charge is -2.16. The van der Waals surface area contributed by atoms with Crippen LogP contribution in [-0.2, 0) is 0 Å². The SMILES string of the molecule is CC1CC1CN(C)C(=O)c1cncc(Br)c1. The van der Waals surface area contributed by atoms with Gasteiger partial charge in [-0.2, -0.15) is 0 Å². The third-order valence-electron chi connectivity index (χ3n) is 3.08. The molecule has 1 aliphatic carbocycles. The van der Waals surface area contributed by atoms with Crippen molar-refractivity contribution >= 4 is 21.8 Å². The van der Waals surface area contributed by atoms with Crippen LogP contribution in [0.1, 0.15) is 23.7 Å². The van der Waals surface area contributed by atoms with Crippen molar-refractivity contribution in [1.82, 2.24) is 9.88 Å². The van der Waals surface area contributed by atoms with Gasteiger partial charge >= 0.3 is 0 Å². The Bertz CT molecular complexity index is 408. The summed E-state index contributed by atoms with van der Waals surface area (Å²) in [6.45, 7) is 3.08. The number of hydrogen-bond donors (Lipinski definition) is 0. The maximum absolute atomic E-state index is 12.0. The Kier molecular flexibility index (Phi) is 3.28. The second kappa shape index (κ2) is 4.53. The van der Waals surface area contributed by atoms with E-state index < -0.39 is 0 Å². The highest BCUT2D eigenvalue weighted by Crippen LogP contribution is 2.38. The van der Waals surface area contributed by atoms with Crippen LogP contribution in [-0.4, -0.2) is 29.4 Å². The van der Waals surface area contributed by atoms with Gasteiger partial charge in [0.05, 0.1) is 5.56 Å². The molecule has 4 heteroatoms. The summed E-state index contributed by atoms with van der Waals surface area (Å²) >= 11 is 3.32. The van der Waals surface area contributed by atoms with Crippen LogP contribution in [0.4, 0.5) is 0 Å².